The van der Waals surface area contributed by atoms with Gasteiger partial charge in [0.05, 0.1) is 19.3 Å². The van der Waals surface area contributed by atoms with Crippen LogP contribution in [0.1, 0.15) is 31.4 Å². The maximum Gasteiger partial charge on any atom is 0.410 e. The van der Waals surface area contributed by atoms with E-state index >= 15 is 0 Å². The van der Waals surface area contributed by atoms with E-state index in [0.29, 0.717) is 0 Å². The molecule has 2 amide bonds. The van der Waals surface area contributed by atoms with E-state index < -0.39 is 18.2 Å². The van der Waals surface area contributed by atoms with Crippen molar-refractivity contribution in [3.05, 3.63) is 29.3 Å². The minimum Gasteiger partial charge on any atom is -0.449 e. The van der Waals surface area contributed by atoms with Gasteiger partial charge in [0.15, 0.2) is 0 Å². The van der Waals surface area contributed by atoms with Crippen molar-refractivity contribution in [3.63, 3.8) is 0 Å². The molecule has 1 aliphatic heterocycles. The van der Waals surface area contributed by atoms with Gasteiger partial charge in [-0.2, -0.15) is 0 Å². The number of likely N-dealkylation sites (tertiary alicyclic amines) is 1. The second kappa shape index (κ2) is 7.66. The zero-order valence-electron chi connectivity index (χ0n) is 14.7. The zero-order valence-corrected chi connectivity index (χ0v) is 14.7. The van der Waals surface area contributed by atoms with Gasteiger partial charge >= 0.3 is 6.09 Å². The number of hydrogen-bond donors (Lipinski definition) is 2. The average Bonchev–Trinajstić information content (AvgIpc) is 2.90. The Hall–Kier alpha value is -2.08. The third-order valence-corrected chi connectivity index (χ3v) is 4.09. The van der Waals surface area contributed by atoms with Crippen LogP contribution in [0, 0.1) is 19.8 Å². The summed E-state index contributed by atoms with van der Waals surface area (Å²) in [5, 5.41) is 12.8. The normalized spacial score (nSPS) is 20.3. The smallest absolute Gasteiger partial charge is 0.410 e. The van der Waals surface area contributed by atoms with Gasteiger partial charge in [0, 0.05) is 12.1 Å². The highest BCUT2D eigenvalue weighted by atomic mass is 16.6. The molecule has 1 heterocycles. The number of para-hydroxylation sites is 1. The number of ether oxygens (including phenoxy) is 1. The largest absolute Gasteiger partial charge is 0.449 e. The molecule has 6 nitrogen and oxygen atoms in total. The molecule has 2 atom stereocenters. The van der Waals surface area contributed by atoms with Crippen molar-refractivity contribution < 1.29 is 19.4 Å². The summed E-state index contributed by atoms with van der Waals surface area (Å²) in [6.07, 6.45) is -1.06. The summed E-state index contributed by atoms with van der Waals surface area (Å²) in [6.45, 7) is 8.12. The lowest BCUT2D eigenvalue weighted by atomic mass is 10.1. The quantitative estimate of drug-likeness (QED) is 0.886. The highest BCUT2D eigenvalue weighted by Gasteiger charge is 2.40. The SMILES string of the molecule is Cc1cccc(C)c1NC(=O)[C@H]1C[C@@H](O)CN1C(=O)OCC(C)C. The molecular formula is C18H26N2O4. The number of anilines is 1. The van der Waals surface area contributed by atoms with Crippen LogP contribution in [0.15, 0.2) is 18.2 Å². The maximum atomic E-state index is 12.6. The Labute approximate surface area is 142 Å². The summed E-state index contributed by atoms with van der Waals surface area (Å²) in [6, 6.07) is 5.04. The number of nitrogens with zero attached hydrogens (tertiary/aromatic N) is 1. The summed E-state index contributed by atoms with van der Waals surface area (Å²) < 4.78 is 5.21. The predicted molar refractivity (Wildman–Crippen MR) is 91.8 cm³/mol. The van der Waals surface area contributed by atoms with Gasteiger partial charge in [-0.3, -0.25) is 9.69 Å². The van der Waals surface area contributed by atoms with Gasteiger partial charge in [-0.1, -0.05) is 32.0 Å². The first-order valence-corrected chi connectivity index (χ1v) is 8.28. The molecule has 1 saturated heterocycles. The Morgan fingerprint density at radius 1 is 1.33 bits per heavy atom. The Kier molecular flexibility index (Phi) is 5.83. The third-order valence-electron chi connectivity index (χ3n) is 4.09. The minimum absolute atomic E-state index is 0.113. The Balaban J connectivity index is 2.10. The van der Waals surface area contributed by atoms with E-state index in [1.807, 2.05) is 45.9 Å². The van der Waals surface area contributed by atoms with Crippen molar-refractivity contribution in [2.75, 3.05) is 18.5 Å². The summed E-state index contributed by atoms with van der Waals surface area (Å²) in [5.41, 5.74) is 2.66. The first-order valence-electron chi connectivity index (χ1n) is 8.28. The average molecular weight is 334 g/mol. The van der Waals surface area contributed by atoms with Crippen LogP contribution in [-0.2, 0) is 9.53 Å². The van der Waals surface area contributed by atoms with Crippen LogP contribution in [0.5, 0.6) is 0 Å². The lowest BCUT2D eigenvalue weighted by Gasteiger charge is -2.24. The zero-order chi connectivity index (χ0) is 17.9. The monoisotopic (exact) mass is 334 g/mol. The summed E-state index contributed by atoms with van der Waals surface area (Å²) >= 11 is 0. The standard InChI is InChI=1S/C18H26N2O4/c1-11(2)10-24-18(23)20-9-14(21)8-15(20)17(22)19-16-12(3)6-5-7-13(16)4/h5-7,11,14-15,21H,8-10H2,1-4H3,(H,19,22)/t14-,15-/m1/s1. The molecule has 6 heteroatoms. The van der Waals surface area contributed by atoms with E-state index in [-0.39, 0.29) is 31.4 Å². The molecule has 1 aliphatic rings. The van der Waals surface area contributed by atoms with Crippen LogP contribution >= 0.6 is 0 Å². The number of aryl methyl sites for hydroxylation is 2. The summed E-state index contributed by atoms with van der Waals surface area (Å²) in [4.78, 5) is 26.2. The molecule has 2 rings (SSSR count). The van der Waals surface area contributed by atoms with Crippen molar-refractivity contribution in [3.8, 4) is 0 Å². The van der Waals surface area contributed by atoms with E-state index in [1.54, 1.807) is 0 Å². The second-order valence-electron chi connectivity index (χ2n) is 6.78. The van der Waals surface area contributed by atoms with Gasteiger partial charge in [-0.05, 0) is 30.9 Å². The van der Waals surface area contributed by atoms with Gasteiger partial charge in [0.1, 0.15) is 6.04 Å². The minimum atomic E-state index is -0.723. The fraction of sp³-hybridized carbons (Fsp3) is 0.556. The first kappa shape index (κ1) is 18.3. The van der Waals surface area contributed by atoms with Crippen molar-refractivity contribution in [2.45, 2.75) is 46.3 Å². The maximum absolute atomic E-state index is 12.6. The second-order valence-corrected chi connectivity index (χ2v) is 6.78. The van der Waals surface area contributed by atoms with Crippen molar-refractivity contribution in [2.24, 2.45) is 5.92 Å². The van der Waals surface area contributed by atoms with Crippen LogP contribution in [0.3, 0.4) is 0 Å². The number of hydrogen-bond acceptors (Lipinski definition) is 4. The van der Waals surface area contributed by atoms with Gasteiger partial charge in [-0.25, -0.2) is 4.79 Å². The third kappa shape index (κ3) is 4.26. The fourth-order valence-electron chi connectivity index (χ4n) is 2.80. The molecule has 0 radical (unpaired) electrons. The molecule has 0 aliphatic carbocycles. The predicted octanol–water partition coefficient (Wildman–Crippen LogP) is 2.47. The summed E-state index contributed by atoms with van der Waals surface area (Å²) in [5.74, 6) is -0.0891. The molecule has 132 valence electrons. The molecule has 1 aromatic carbocycles. The van der Waals surface area contributed by atoms with Crippen molar-refractivity contribution in [1.82, 2.24) is 4.90 Å². The van der Waals surface area contributed by atoms with Gasteiger partial charge < -0.3 is 15.2 Å². The van der Waals surface area contributed by atoms with Crippen LogP contribution in [0.4, 0.5) is 10.5 Å². The molecule has 24 heavy (non-hydrogen) atoms. The lowest BCUT2D eigenvalue weighted by molar-refractivity contribution is -0.120. The Morgan fingerprint density at radius 2 is 1.96 bits per heavy atom. The molecule has 0 aromatic heterocycles. The van der Waals surface area contributed by atoms with Crippen LogP contribution in [-0.4, -0.2) is 47.3 Å². The molecule has 2 N–H and O–H groups in total. The fourth-order valence-corrected chi connectivity index (χ4v) is 2.80. The molecular weight excluding hydrogens is 308 g/mol. The van der Waals surface area contributed by atoms with Crippen molar-refractivity contribution >= 4 is 17.7 Å². The summed E-state index contributed by atoms with van der Waals surface area (Å²) in [7, 11) is 0. The molecule has 1 aromatic rings. The van der Waals surface area contributed by atoms with Gasteiger partial charge in [0.2, 0.25) is 5.91 Å². The number of aliphatic hydroxyl groups excluding tert-OH is 1. The van der Waals surface area contributed by atoms with E-state index in [0.717, 1.165) is 16.8 Å². The Morgan fingerprint density at radius 3 is 2.54 bits per heavy atom. The Bertz CT molecular complexity index is 595. The molecule has 0 saturated carbocycles. The number of carbonyl (C=O) groups is 2. The molecule has 1 fully saturated rings. The molecule has 0 unspecified atom stereocenters. The first-order chi connectivity index (χ1) is 11.3. The highest BCUT2D eigenvalue weighted by molar-refractivity contribution is 5.98. The van der Waals surface area contributed by atoms with Gasteiger partial charge in [0.25, 0.3) is 0 Å². The van der Waals surface area contributed by atoms with E-state index in [4.69, 9.17) is 4.74 Å². The number of β-amino-alcohol motifs (C(OH)–C–C–N with tert-alkyl or cyclic N) is 1. The number of nitrogens with one attached hydrogen (secondary N) is 1. The van der Waals surface area contributed by atoms with Crippen LogP contribution in [0.2, 0.25) is 0 Å². The lowest BCUT2D eigenvalue weighted by Crippen LogP contribution is -2.43. The van der Waals surface area contributed by atoms with Crippen molar-refractivity contribution in [1.29, 1.82) is 0 Å². The number of amides is 2. The van der Waals surface area contributed by atoms with E-state index in [9.17, 15) is 14.7 Å². The number of benzene rings is 1. The molecule has 0 bridgehead atoms. The number of aliphatic hydroxyl groups is 1. The van der Waals surface area contributed by atoms with Crippen LogP contribution in [0.25, 0.3) is 0 Å². The highest BCUT2D eigenvalue weighted by Crippen LogP contribution is 2.24. The van der Waals surface area contributed by atoms with E-state index in [2.05, 4.69) is 5.32 Å². The van der Waals surface area contributed by atoms with Gasteiger partial charge in [-0.15, -0.1) is 0 Å². The van der Waals surface area contributed by atoms with E-state index in [1.165, 1.54) is 4.90 Å². The number of rotatable bonds is 4. The molecule has 0 spiro atoms. The number of carbonyl (C=O) groups excluding carboxylic acids is 2. The topological polar surface area (TPSA) is 78.9 Å². The van der Waals surface area contributed by atoms with Crippen LogP contribution < -0.4 is 5.32 Å².